The predicted octanol–water partition coefficient (Wildman–Crippen LogP) is 3.66. The summed E-state index contributed by atoms with van der Waals surface area (Å²) in [5, 5.41) is -0.0936. The van der Waals surface area contributed by atoms with Gasteiger partial charge in [0.1, 0.15) is 0 Å². The summed E-state index contributed by atoms with van der Waals surface area (Å²) in [5.74, 6) is 0. The Kier molecular flexibility index (Phi) is 2.87. The number of hydrogen-bond donors (Lipinski definition) is 0. The molecular formula is C11H19OP. The van der Waals surface area contributed by atoms with E-state index in [0.29, 0.717) is 0 Å². The molecule has 0 N–H and O–H groups in total. The molecule has 0 spiro atoms. The number of allylic oxidation sites excluding steroid dienone is 4. The Bertz CT molecular complexity index is 269. The standard InChI is InChI=1S/C11H19OP/c1-11(2,3)13(4,12)10-8-6-5-7-9-10/h6-10H,5H2,1-4H3/t13-/m0/s1. The van der Waals surface area contributed by atoms with Crippen LogP contribution in [0.1, 0.15) is 27.2 Å². The van der Waals surface area contributed by atoms with Gasteiger partial charge in [0.15, 0.2) is 0 Å². The van der Waals surface area contributed by atoms with E-state index >= 15 is 0 Å². The van der Waals surface area contributed by atoms with Crippen LogP contribution in [0.4, 0.5) is 0 Å². The maximum Gasteiger partial charge on any atom is 0.0999 e. The zero-order valence-corrected chi connectivity index (χ0v) is 9.84. The molecule has 1 atom stereocenters. The van der Waals surface area contributed by atoms with Crippen molar-refractivity contribution in [1.29, 1.82) is 0 Å². The summed E-state index contributed by atoms with van der Waals surface area (Å²) in [6.07, 6.45) is 9.37. The molecule has 2 heteroatoms. The van der Waals surface area contributed by atoms with Gasteiger partial charge in [-0.2, -0.15) is 0 Å². The molecule has 0 radical (unpaired) electrons. The third-order valence-electron chi connectivity index (χ3n) is 2.84. The minimum Gasteiger partial charge on any atom is -0.322 e. The van der Waals surface area contributed by atoms with Crippen molar-refractivity contribution in [3.05, 3.63) is 24.3 Å². The molecule has 0 unspecified atom stereocenters. The van der Waals surface area contributed by atoms with Crippen LogP contribution in [0.25, 0.3) is 0 Å². The smallest absolute Gasteiger partial charge is 0.0999 e. The molecule has 74 valence electrons. The Labute approximate surface area is 81.3 Å². The van der Waals surface area contributed by atoms with E-state index in [9.17, 15) is 4.57 Å². The second-order valence-electron chi connectivity index (χ2n) is 4.74. The summed E-state index contributed by atoms with van der Waals surface area (Å²) >= 11 is 0. The van der Waals surface area contributed by atoms with E-state index in [0.717, 1.165) is 6.42 Å². The Morgan fingerprint density at radius 1 is 1.23 bits per heavy atom. The van der Waals surface area contributed by atoms with E-state index in [4.69, 9.17) is 0 Å². The van der Waals surface area contributed by atoms with Gasteiger partial charge < -0.3 is 4.57 Å². The first-order valence-corrected chi connectivity index (χ1v) is 6.98. The highest BCUT2D eigenvalue weighted by atomic mass is 31.2. The van der Waals surface area contributed by atoms with E-state index in [1.54, 1.807) is 0 Å². The fourth-order valence-electron chi connectivity index (χ4n) is 1.35. The van der Waals surface area contributed by atoms with Crippen LogP contribution in [0.15, 0.2) is 24.3 Å². The lowest BCUT2D eigenvalue weighted by Crippen LogP contribution is -2.21. The highest BCUT2D eigenvalue weighted by molar-refractivity contribution is 7.65. The normalized spacial score (nSPS) is 23.1. The van der Waals surface area contributed by atoms with Gasteiger partial charge in [-0.15, -0.1) is 0 Å². The van der Waals surface area contributed by atoms with Crippen LogP contribution in [-0.2, 0) is 4.57 Å². The minimum absolute atomic E-state index is 0.0936. The van der Waals surface area contributed by atoms with Gasteiger partial charge >= 0.3 is 0 Å². The van der Waals surface area contributed by atoms with E-state index < -0.39 is 7.14 Å². The van der Waals surface area contributed by atoms with Gasteiger partial charge in [-0.05, 0) is 13.1 Å². The molecular weight excluding hydrogens is 179 g/mol. The average molecular weight is 198 g/mol. The molecule has 0 saturated carbocycles. The SMILES string of the molecule is CC(C)(C)[P@@](C)(=O)C1C=CCC=C1. The molecule has 0 aromatic carbocycles. The van der Waals surface area contributed by atoms with Crippen LogP contribution in [0.2, 0.25) is 0 Å². The van der Waals surface area contributed by atoms with Crippen molar-refractivity contribution in [1.82, 2.24) is 0 Å². The van der Waals surface area contributed by atoms with Gasteiger partial charge in [0, 0.05) is 10.8 Å². The summed E-state index contributed by atoms with van der Waals surface area (Å²) in [5.41, 5.74) is 0.154. The van der Waals surface area contributed by atoms with Gasteiger partial charge in [-0.3, -0.25) is 0 Å². The summed E-state index contributed by atoms with van der Waals surface area (Å²) in [6.45, 7) is 8.09. The minimum atomic E-state index is -2.13. The van der Waals surface area contributed by atoms with Crippen LogP contribution in [0.3, 0.4) is 0 Å². The summed E-state index contributed by atoms with van der Waals surface area (Å²) in [7, 11) is -2.13. The Morgan fingerprint density at radius 3 is 2.08 bits per heavy atom. The van der Waals surface area contributed by atoms with Gasteiger partial charge in [0.2, 0.25) is 0 Å². The summed E-state index contributed by atoms with van der Waals surface area (Å²) in [4.78, 5) is 0. The zero-order valence-electron chi connectivity index (χ0n) is 8.95. The molecule has 0 fully saturated rings. The van der Waals surface area contributed by atoms with E-state index in [1.807, 2.05) is 6.66 Å². The van der Waals surface area contributed by atoms with E-state index in [1.165, 1.54) is 0 Å². The monoisotopic (exact) mass is 198 g/mol. The van der Waals surface area contributed by atoms with Crippen molar-refractivity contribution in [2.45, 2.75) is 38.0 Å². The third-order valence-corrected chi connectivity index (χ3v) is 6.99. The van der Waals surface area contributed by atoms with Crippen molar-refractivity contribution in [2.24, 2.45) is 0 Å². The van der Waals surface area contributed by atoms with Crippen molar-refractivity contribution < 1.29 is 4.57 Å². The van der Waals surface area contributed by atoms with Gasteiger partial charge in [0.25, 0.3) is 0 Å². The average Bonchev–Trinajstić information content (AvgIpc) is 2.04. The zero-order chi connectivity index (χ0) is 10.1. The predicted molar refractivity (Wildman–Crippen MR) is 60.0 cm³/mol. The van der Waals surface area contributed by atoms with Crippen molar-refractivity contribution in [3.63, 3.8) is 0 Å². The Morgan fingerprint density at radius 2 is 1.69 bits per heavy atom. The first kappa shape index (κ1) is 10.8. The summed E-state index contributed by atoms with van der Waals surface area (Å²) in [6, 6.07) is 0. The molecule has 0 aromatic rings. The molecule has 1 aliphatic carbocycles. The first-order valence-electron chi connectivity index (χ1n) is 4.76. The maximum absolute atomic E-state index is 12.5. The van der Waals surface area contributed by atoms with Crippen molar-refractivity contribution >= 4 is 7.14 Å². The fraction of sp³-hybridized carbons (Fsp3) is 0.636. The molecule has 1 rings (SSSR count). The van der Waals surface area contributed by atoms with Crippen LogP contribution >= 0.6 is 7.14 Å². The maximum atomic E-state index is 12.5. The second-order valence-corrected chi connectivity index (χ2v) is 8.66. The van der Waals surface area contributed by atoms with Crippen LogP contribution in [0, 0.1) is 0 Å². The van der Waals surface area contributed by atoms with Crippen LogP contribution in [-0.4, -0.2) is 17.5 Å². The number of hydrogen-bond acceptors (Lipinski definition) is 1. The molecule has 0 amide bonds. The lowest BCUT2D eigenvalue weighted by atomic mass is 10.2. The quantitative estimate of drug-likeness (QED) is 0.464. The molecule has 0 aromatic heterocycles. The van der Waals surface area contributed by atoms with E-state index in [-0.39, 0.29) is 10.8 Å². The Balaban J connectivity index is 2.93. The molecule has 1 aliphatic rings. The van der Waals surface area contributed by atoms with Gasteiger partial charge in [-0.1, -0.05) is 45.1 Å². The highest BCUT2D eigenvalue weighted by Gasteiger charge is 2.36. The van der Waals surface area contributed by atoms with Crippen LogP contribution in [0.5, 0.6) is 0 Å². The van der Waals surface area contributed by atoms with Crippen molar-refractivity contribution in [3.8, 4) is 0 Å². The lowest BCUT2D eigenvalue weighted by Gasteiger charge is -2.32. The van der Waals surface area contributed by atoms with Crippen LogP contribution < -0.4 is 0 Å². The molecule has 0 aliphatic heterocycles. The van der Waals surface area contributed by atoms with Crippen molar-refractivity contribution in [2.75, 3.05) is 6.66 Å². The molecule has 1 nitrogen and oxygen atoms in total. The molecule has 0 saturated heterocycles. The highest BCUT2D eigenvalue weighted by Crippen LogP contribution is 2.59. The topological polar surface area (TPSA) is 17.1 Å². The molecule has 0 bridgehead atoms. The lowest BCUT2D eigenvalue weighted by molar-refractivity contribution is 0.550. The van der Waals surface area contributed by atoms with E-state index in [2.05, 4.69) is 45.1 Å². The molecule has 13 heavy (non-hydrogen) atoms. The third kappa shape index (κ3) is 2.14. The van der Waals surface area contributed by atoms with Gasteiger partial charge in [-0.25, -0.2) is 0 Å². The molecule has 0 heterocycles. The second kappa shape index (κ2) is 3.46. The summed E-state index contributed by atoms with van der Waals surface area (Å²) < 4.78 is 12.5. The largest absolute Gasteiger partial charge is 0.322 e. The first-order chi connectivity index (χ1) is 5.86. The number of rotatable bonds is 1. The van der Waals surface area contributed by atoms with Gasteiger partial charge in [0.05, 0.1) is 7.14 Å². The fourth-order valence-corrected chi connectivity index (χ4v) is 3.15. The Hall–Kier alpha value is -0.290.